The van der Waals surface area contributed by atoms with Crippen molar-refractivity contribution in [1.29, 1.82) is 0 Å². The lowest BCUT2D eigenvalue weighted by molar-refractivity contribution is -0.133. The molecule has 5 heteroatoms. The average molecular weight is 234 g/mol. The molecule has 2 amide bonds. The van der Waals surface area contributed by atoms with Crippen LogP contribution in [-0.2, 0) is 4.79 Å². The maximum absolute atomic E-state index is 12.0. The van der Waals surface area contributed by atoms with E-state index >= 15 is 0 Å². The number of phenols is 1. The largest absolute Gasteiger partial charge is 0.508 e. The minimum absolute atomic E-state index is 0.0521. The topological polar surface area (TPSA) is 60.9 Å². The van der Waals surface area contributed by atoms with Crippen molar-refractivity contribution in [3.05, 3.63) is 29.8 Å². The summed E-state index contributed by atoms with van der Waals surface area (Å²) in [5, 5.41) is 9.31. The summed E-state index contributed by atoms with van der Waals surface area (Å²) in [7, 11) is 1.72. The molecule has 0 unspecified atom stereocenters. The van der Waals surface area contributed by atoms with E-state index in [1.165, 1.54) is 17.0 Å². The number of carbonyl (C=O) groups is 2. The molecule has 17 heavy (non-hydrogen) atoms. The van der Waals surface area contributed by atoms with Gasteiger partial charge in [-0.25, -0.2) is 0 Å². The zero-order chi connectivity index (χ0) is 12.4. The van der Waals surface area contributed by atoms with Crippen LogP contribution < -0.4 is 0 Å². The fourth-order valence-corrected chi connectivity index (χ4v) is 1.75. The second kappa shape index (κ2) is 4.45. The molecule has 1 N–H and O–H groups in total. The van der Waals surface area contributed by atoms with Crippen molar-refractivity contribution in [3.8, 4) is 5.75 Å². The SMILES string of the molecule is CN1CCN(C(=O)c2cccc(O)c2)CC1=O. The quantitative estimate of drug-likeness (QED) is 0.760. The number of amides is 2. The third-order valence-electron chi connectivity index (χ3n) is 2.84. The van der Waals surface area contributed by atoms with Crippen molar-refractivity contribution in [2.24, 2.45) is 0 Å². The smallest absolute Gasteiger partial charge is 0.254 e. The number of likely N-dealkylation sites (N-methyl/N-ethyl adjacent to an activating group) is 1. The highest BCUT2D eigenvalue weighted by atomic mass is 16.3. The minimum atomic E-state index is -0.220. The van der Waals surface area contributed by atoms with E-state index in [0.29, 0.717) is 18.7 Å². The molecule has 0 radical (unpaired) electrons. The Labute approximate surface area is 99.3 Å². The van der Waals surface area contributed by atoms with E-state index < -0.39 is 0 Å². The van der Waals surface area contributed by atoms with Gasteiger partial charge in [0.25, 0.3) is 5.91 Å². The Hall–Kier alpha value is -2.04. The molecule has 1 aliphatic rings. The summed E-state index contributed by atoms with van der Waals surface area (Å²) in [4.78, 5) is 26.6. The first-order chi connectivity index (χ1) is 8.08. The Balaban J connectivity index is 2.13. The van der Waals surface area contributed by atoms with Gasteiger partial charge in [-0.2, -0.15) is 0 Å². The molecule has 1 heterocycles. The van der Waals surface area contributed by atoms with Crippen LogP contribution in [0.3, 0.4) is 0 Å². The fraction of sp³-hybridized carbons (Fsp3) is 0.333. The van der Waals surface area contributed by atoms with E-state index in [9.17, 15) is 14.7 Å². The highest BCUT2D eigenvalue weighted by Gasteiger charge is 2.25. The molecule has 1 aliphatic heterocycles. The van der Waals surface area contributed by atoms with Crippen molar-refractivity contribution in [1.82, 2.24) is 9.80 Å². The van der Waals surface area contributed by atoms with Crippen LogP contribution in [-0.4, -0.2) is 53.4 Å². The number of nitrogens with zero attached hydrogens (tertiary/aromatic N) is 2. The molecule has 0 aliphatic carbocycles. The second-order valence-electron chi connectivity index (χ2n) is 4.09. The van der Waals surface area contributed by atoms with E-state index in [4.69, 9.17) is 0 Å². The molecule has 1 aromatic rings. The molecule has 2 rings (SSSR count). The summed E-state index contributed by atoms with van der Waals surface area (Å²) in [6.45, 7) is 1.17. The Bertz CT molecular complexity index is 459. The third kappa shape index (κ3) is 2.38. The van der Waals surface area contributed by atoms with Crippen LogP contribution in [0.5, 0.6) is 5.75 Å². The molecule has 0 aromatic heterocycles. The molecular formula is C12H14N2O3. The van der Waals surface area contributed by atoms with Crippen LogP contribution in [0.15, 0.2) is 24.3 Å². The van der Waals surface area contributed by atoms with Crippen LogP contribution >= 0.6 is 0 Å². The van der Waals surface area contributed by atoms with Crippen molar-refractivity contribution in [2.75, 3.05) is 26.7 Å². The molecule has 0 bridgehead atoms. The normalized spacial score (nSPS) is 16.2. The molecule has 0 atom stereocenters. The molecule has 0 spiro atoms. The Kier molecular flexibility index (Phi) is 2.99. The maximum Gasteiger partial charge on any atom is 0.254 e. The Morgan fingerprint density at radius 2 is 2.12 bits per heavy atom. The number of piperazine rings is 1. The van der Waals surface area contributed by atoms with Gasteiger partial charge in [-0.05, 0) is 18.2 Å². The lowest BCUT2D eigenvalue weighted by Crippen LogP contribution is -2.50. The van der Waals surface area contributed by atoms with Crippen molar-refractivity contribution in [2.45, 2.75) is 0 Å². The standard InChI is InChI=1S/C12H14N2O3/c1-13-5-6-14(8-11(13)16)12(17)9-3-2-4-10(15)7-9/h2-4,7,15H,5-6,8H2,1H3. The maximum atomic E-state index is 12.0. The van der Waals surface area contributed by atoms with Gasteiger partial charge in [0.2, 0.25) is 5.91 Å². The lowest BCUT2D eigenvalue weighted by Gasteiger charge is -2.32. The van der Waals surface area contributed by atoms with Crippen LogP contribution in [0.4, 0.5) is 0 Å². The number of aromatic hydroxyl groups is 1. The van der Waals surface area contributed by atoms with E-state index in [0.717, 1.165) is 0 Å². The summed E-state index contributed by atoms with van der Waals surface area (Å²) in [5.74, 6) is -0.233. The number of rotatable bonds is 1. The molecule has 1 aromatic carbocycles. The molecule has 90 valence electrons. The minimum Gasteiger partial charge on any atom is -0.508 e. The highest BCUT2D eigenvalue weighted by Crippen LogP contribution is 2.14. The number of benzene rings is 1. The first-order valence-corrected chi connectivity index (χ1v) is 5.40. The monoisotopic (exact) mass is 234 g/mol. The van der Waals surface area contributed by atoms with Crippen LogP contribution in [0.2, 0.25) is 0 Å². The van der Waals surface area contributed by atoms with Gasteiger partial charge in [-0.3, -0.25) is 9.59 Å². The molecule has 0 saturated carbocycles. The molecule has 1 saturated heterocycles. The summed E-state index contributed by atoms with van der Waals surface area (Å²) in [6.07, 6.45) is 0. The summed E-state index contributed by atoms with van der Waals surface area (Å²) >= 11 is 0. The molecule has 5 nitrogen and oxygen atoms in total. The van der Waals surface area contributed by atoms with Gasteiger partial charge in [0, 0.05) is 25.7 Å². The van der Waals surface area contributed by atoms with E-state index in [1.54, 1.807) is 24.1 Å². The Morgan fingerprint density at radius 1 is 1.35 bits per heavy atom. The highest BCUT2D eigenvalue weighted by molar-refractivity contribution is 5.97. The zero-order valence-corrected chi connectivity index (χ0v) is 9.59. The van der Waals surface area contributed by atoms with Crippen LogP contribution in [0.25, 0.3) is 0 Å². The van der Waals surface area contributed by atoms with E-state index in [-0.39, 0.29) is 24.1 Å². The second-order valence-corrected chi connectivity index (χ2v) is 4.09. The van der Waals surface area contributed by atoms with Gasteiger partial charge in [0.15, 0.2) is 0 Å². The van der Waals surface area contributed by atoms with Gasteiger partial charge < -0.3 is 14.9 Å². The van der Waals surface area contributed by atoms with E-state index in [2.05, 4.69) is 0 Å². The Morgan fingerprint density at radius 3 is 2.76 bits per heavy atom. The summed E-state index contributed by atoms with van der Waals surface area (Å²) in [5.41, 5.74) is 0.405. The predicted octanol–water partition coefficient (Wildman–Crippen LogP) is 0.306. The summed E-state index contributed by atoms with van der Waals surface area (Å²) < 4.78 is 0. The van der Waals surface area contributed by atoms with Crippen molar-refractivity contribution in [3.63, 3.8) is 0 Å². The first kappa shape index (κ1) is 11.4. The predicted molar refractivity (Wildman–Crippen MR) is 61.6 cm³/mol. The first-order valence-electron chi connectivity index (χ1n) is 5.40. The van der Waals surface area contributed by atoms with Crippen molar-refractivity contribution < 1.29 is 14.7 Å². The van der Waals surface area contributed by atoms with Gasteiger partial charge in [0.05, 0.1) is 0 Å². The fourth-order valence-electron chi connectivity index (χ4n) is 1.75. The number of hydrogen-bond donors (Lipinski definition) is 1. The zero-order valence-electron chi connectivity index (χ0n) is 9.59. The number of hydrogen-bond acceptors (Lipinski definition) is 3. The van der Waals surface area contributed by atoms with Crippen LogP contribution in [0.1, 0.15) is 10.4 Å². The van der Waals surface area contributed by atoms with Gasteiger partial charge in [0.1, 0.15) is 12.3 Å². The third-order valence-corrected chi connectivity index (χ3v) is 2.84. The molecular weight excluding hydrogens is 220 g/mol. The lowest BCUT2D eigenvalue weighted by atomic mass is 10.1. The van der Waals surface area contributed by atoms with E-state index in [1.807, 2.05) is 0 Å². The molecule has 1 fully saturated rings. The van der Waals surface area contributed by atoms with Crippen molar-refractivity contribution >= 4 is 11.8 Å². The number of carbonyl (C=O) groups excluding carboxylic acids is 2. The average Bonchev–Trinajstić information content (AvgIpc) is 2.32. The van der Waals surface area contributed by atoms with Gasteiger partial charge in [-0.15, -0.1) is 0 Å². The summed E-state index contributed by atoms with van der Waals surface area (Å²) in [6, 6.07) is 6.16. The number of phenolic OH excluding ortho intramolecular Hbond substituents is 1. The van der Waals surface area contributed by atoms with Crippen LogP contribution in [0, 0.1) is 0 Å². The van der Waals surface area contributed by atoms with Gasteiger partial charge in [-0.1, -0.05) is 6.07 Å². The van der Waals surface area contributed by atoms with Gasteiger partial charge >= 0.3 is 0 Å².